The summed E-state index contributed by atoms with van der Waals surface area (Å²) in [6.45, 7) is 0. The van der Waals surface area contributed by atoms with E-state index in [1.54, 1.807) is 0 Å². The lowest BCUT2D eigenvalue weighted by atomic mass is 10.0. The highest BCUT2D eigenvalue weighted by Crippen LogP contribution is 2.31. The molecule has 0 atom stereocenters. The molecule has 0 saturated carbocycles. The van der Waals surface area contributed by atoms with Crippen LogP contribution >= 0.6 is 0 Å². The number of nitrogens with zero attached hydrogens (tertiary/aromatic N) is 1. The number of ether oxygens (including phenoxy) is 1. The van der Waals surface area contributed by atoms with Gasteiger partial charge in [-0.05, 0) is 23.8 Å². The second-order valence-electron chi connectivity index (χ2n) is 4.45. The molecule has 3 aromatic rings. The van der Waals surface area contributed by atoms with Crippen molar-refractivity contribution in [1.29, 1.82) is 0 Å². The smallest absolute Gasteiger partial charge is 0.227 e. The Morgan fingerprint density at radius 3 is 2.79 bits per heavy atom. The number of benzene rings is 2. The predicted octanol–water partition coefficient (Wildman–Crippen LogP) is 3.61. The molecule has 3 heteroatoms. The van der Waals surface area contributed by atoms with Crippen molar-refractivity contribution in [2.45, 2.75) is 6.42 Å². The first-order chi connectivity index (χ1) is 9.40. The van der Waals surface area contributed by atoms with Crippen molar-refractivity contribution >= 4 is 16.7 Å². The first-order valence-electron chi connectivity index (χ1n) is 6.13. The summed E-state index contributed by atoms with van der Waals surface area (Å²) in [4.78, 5) is 4.46. The van der Waals surface area contributed by atoms with Crippen molar-refractivity contribution in [2.24, 2.45) is 0 Å². The molecule has 0 amide bonds. The van der Waals surface area contributed by atoms with Gasteiger partial charge in [-0.15, -0.1) is 0 Å². The Balaban J connectivity index is 1.76. The van der Waals surface area contributed by atoms with Crippen molar-refractivity contribution in [2.75, 3.05) is 0 Å². The first kappa shape index (κ1) is 10.4. The minimum atomic E-state index is 0.579. The molecule has 3 nitrogen and oxygen atoms in total. The van der Waals surface area contributed by atoms with Gasteiger partial charge in [0.25, 0.3) is 0 Å². The van der Waals surface area contributed by atoms with Crippen molar-refractivity contribution in [3.63, 3.8) is 0 Å². The molecule has 1 aliphatic rings. The van der Waals surface area contributed by atoms with Crippen LogP contribution in [0.1, 0.15) is 11.5 Å². The van der Waals surface area contributed by atoms with Gasteiger partial charge in [0.2, 0.25) is 5.89 Å². The van der Waals surface area contributed by atoms with Gasteiger partial charge in [0.15, 0.2) is 11.8 Å². The molecule has 0 bridgehead atoms. The average molecular weight is 248 g/mol. The molecule has 1 aliphatic heterocycles. The molecule has 19 heavy (non-hydrogen) atoms. The molecule has 2 heterocycles. The van der Waals surface area contributed by atoms with Crippen LogP contribution in [0.25, 0.3) is 16.7 Å². The predicted molar refractivity (Wildman–Crippen MR) is 71.4 cm³/mol. The molecule has 1 radical (unpaired) electrons. The Morgan fingerprint density at radius 2 is 1.84 bits per heavy atom. The Hall–Kier alpha value is -2.55. The van der Waals surface area contributed by atoms with Crippen molar-refractivity contribution in [3.8, 4) is 5.75 Å². The zero-order valence-electron chi connectivity index (χ0n) is 10.1. The number of hydrogen-bond donors (Lipinski definition) is 0. The molecule has 0 unspecified atom stereocenters. The van der Waals surface area contributed by atoms with E-state index < -0.39 is 0 Å². The second-order valence-corrected chi connectivity index (χ2v) is 4.45. The highest BCUT2D eigenvalue weighted by molar-refractivity contribution is 5.76. The molecule has 4 rings (SSSR count). The van der Waals surface area contributed by atoms with E-state index in [2.05, 4.69) is 11.2 Å². The van der Waals surface area contributed by atoms with Crippen LogP contribution in [0.3, 0.4) is 0 Å². The summed E-state index contributed by atoms with van der Waals surface area (Å²) in [5, 5.41) is 0. The molecule has 0 aliphatic carbocycles. The van der Waals surface area contributed by atoms with Gasteiger partial charge in [-0.25, -0.2) is 4.98 Å². The number of hydrogen-bond acceptors (Lipinski definition) is 3. The Morgan fingerprint density at radius 1 is 1.00 bits per heavy atom. The van der Waals surface area contributed by atoms with E-state index in [1.807, 2.05) is 48.5 Å². The fraction of sp³-hybridized carbons (Fsp3) is 0.0625. The van der Waals surface area contributed by atoms with Crippen LogP contribution in [0.2, 0.25) is 0 Å². The van der Waals surface area contributed by atoms with E-state index >= 15 is 0 Å². The molecular formula is C16H10NO2. The zero-order chi connectivity index (χ0) is 12.7. The minimum absolute atomic E-state index is 0.579. The second kappa shape index (κ2) is 3.99. The molecule has 0 spiro atoms. The van der Waals surface area contributed by atoms with Gasteiger partial charge >= 0.3 is 0 Å². The van der Waals surface area contributed by atoms with Gasteiger partial charge in [-0.3, -0.25) is 0 Å². The monoisotopic (exact) mass is 248 g/mol. The average Bonchev–Trinajstić information content (AvgIpc) is 2.90. The molecule has 0 N–H and O–H groups in total. The van der Waals surface area contributed by atoms with Crippen LogP contribution in [-0.2, 0) is 6.42 Å². The first-order valence-corrected chi connectivity index (χ1v) is 6.13. The summed E-state index contributed by atoms with van der Waals surface area (Å²) < 4.78 is 11.2. The number of para-hydroxylation sites is 3. The van der Waals surface area contributed by atoms with Gasteiger partial charge in [0, 0.05) is 6.42 Å². The Bertz CT molecular complexity index is 753. The summed E-state index contributed by atoms with van der Waals surface area (Å²) in [5.74, 6) is 1.43. The third-order valence-corrected chi connectivity index (χ3v) is 3.18. The lowest BCUT2D eigenvalue weighted by Gasteiger charge is -2.13. The summed E-state index contributed by atoms with van der Waals surface area (Å²) >= 11 is 0. The summed E-state index contributed by atoms with van der Waals surface area (Å²) in [7, 11) is 0. The largest absolute Gasteiger partial charge is 0.453 e. The minimum Gasteiger partial charge on any atom is -0.453 e. The van der Waals surface area contributed by atoms with Crippen LogP contribution in [0.5, 0.6) is 5.75 Å². The zero-order valence-corrected chi connectivity index (χ0v) is 10.1. The fourth-order valence-electron chi connectivity index (χ4n) is 2.21. The van der Waals surface area contributed by atoms with E-state index in [9.17, 15) is 0 Å². The van der Waals surface area contributed by atoms with Crippen LogP contribution in [0.15, 0.2) is 52.9 Å². The number of aromatic nitrogens is 1. The van der Waals surface area contributed by atoms with Gasteiger partial charge in [0.05, 0.1) is 5.57 Å². The molecular weight excluding hydrogens is 238 g/mol. The highest BCUT2D eigenvalue weighted by Gasteiger charge is 2.18. The quantitative estimate of drug-likeness (QED) is 0.660. The van der Waals surface area contributed by atoms with E-state index in [0.29, 0.717) is 5.89 Å². The van der Waals surface area contributed by atoms with Crippen LogP contribution < -0.4 is 4.74 Å². The van der Waals surface area contributed by atoms with E-state index in [-0.39, 0.29) is 0 Å². The standard InChI is InChI=1S/C16H10NO2/c1-3-7-14-11(5-1)9-12(10-18-14)16-17-13-6-2-4-8-15(13)19-16/h1-8H,9H2. The molecule has 91 valence electrons. The maximum absolute atomic E-state index is 5.73. The van der Waals surface area contributed by atoms with Crippen molar-refractivity contribution in [1.82, 2.24) is 4.98 Å². The number of allylic oxidation sites excluding steroid dienone is 1. The summed E-state index contributed by atoms with van der Waals surface area (Å²) in [6.07, 6.45) is 3.64. The van der Waals surface area contributed by atoms with Gasteiger partial charge in [-0.1, -0.05) is 30.3 Å². The normalized spacial score (nSPS) is 13.8. The van der Waals surface area contributed by atoms with E-state index in [1.165, 1.54) is 0 Å². The van der Waals surface area contributed by atoms with Gasteiger partial charge in [0.1, 0.15) is 11.3 Å². The van der Waals surface area contributed by atoms with Gasteiger partial charge < -0.3 is 9.15 Å². The van der Waals surface area contributed by atoms with E-state index in [0.717, 1.165) is 34.4 Å². The Labute approximate surface area is 110 Å². The maximum atomic E-state index is 5.73. The Kier molecular flexibility index (Phi) is 2.18. The molecule has 1 aromatic heterocycles. The third kappa shape index (κ3) is 1.71. The van der Waals surface area contributed by atoms with E-state index in [4.69, 9.17) is 9.15 Å². The molecule has 2 aromatic carbocycles. The number of fused-ring (bicyclic) bond motifs is 2. The van der Waals surface area contributed by atoms with Crippen LogP contribution in [-0.4, -0.2) is 4.98 Å². The van der Waals surface area contributed by atoms with Crippen LogP contribution in [0.4, 0.5) is 0 Å². The third-order valence-electron chi connectivity index (χ3n) is 3.18. The topological polar surface area (TPSA) is 35.3 Å². The van der Waals surface area contributed by atoms with Crippen molar-refractivity contribution < 1.29 is 9.15 Å². The summed E-state index contributed by atoms with van der Waals surface area (Å²) in [6, 6.07) is 15.6. The highest BCUT2D eigenvalue weighted by atomic mass is 16.5. The molecule has 0 saturated heterocycles. The lowest BCUT2D eigenvalue weighted by molar-refractivity contribution is 0.436. The van der Waals surface area contributed by atoms with Gasteiger partial charge in [-0.2, -0.15) is 0 Å². The van der Waals surface area contributed by atoms with Crippen molar-refractivity contribution in [3.05, 3.63) is 66.2 Å². The molecule has 0 fully saturated rings. The lowest BCUT2D eigenvalue weighted by Crippen LogP contribution is -2.02. The fourth-order valence-corrected chi connectivity index (χ4v) is 2.21. The summed E-state index contributed by atoms with van der Waals surface area (Å²) in [5.41, 5.74) is 3.60. The number of rotatable bonds is 1. The maximum Gasteiger partial charge on any atom is 0.227 e. The SMILES string of the molecule is [C]1=C(c2nc3ccccc3o2)Cc2ccccc2O1. The number of oxazole rings is 1. The van der Waals surface area contributed by atoms with Crippen LogP contribution in [0, 0.1) is 6.26 Å².